The van der Waals surface area contributed by atoms with Crippen LogP contribution in [0.4, 0.5) is 18.9 Å². The zero-order chi connectivity index (χ0) is 27.2. The molecule has 0 saturated carbocycles. The molecule has 1 aromatic heterocycles. The topological polar surface area (TPSA) is 121 Å². The van der Waals surface area contributed by atoms with Crippen molar-refractivity contribution < 1.29 is 32.7 Å². The summed E-state index contributed by atoms with van der Waals surface area (Å²) in [5.41, 5.74) is -3.64. The number of aromatic amines is 1. The van der Waals surface area contributed by atoms with E-state index < -0.39 is 40.4 Å². The van der Waals surface area contributed by atoms with Gasteiger partial charge in [0.05, 0.1) is 35.5 Å². The molecular formula is C25H25F3N4O5. The van der Waals surface area contributed by atoms with Crippen molar-refractivity contribution in [3.8, 4) is 11.6 Å². The van der Waals surface area contributed by atoms with Crippen LogP contribution in [0, 0.1) is 0 Å². The number of carbonyl (C=O) groups is 1. The minimum absolute atomic E-state index is 0.270. The van der Waals surface area contributed by atoms with Crippen molar-refractivity contribution in [2.24, 2.45) is 4.99 Å². The number of halogens is 3. The van der Waals surface area contributed by atoms with Crippen LogP contribution >= 0.6 is 0 Å². The fraction of sp³-hybridized carbons (Fsp3) is 0.280. The van der Waals surface area contributed by atoms with Gasteiger partial charge in [0.1, 0.15) is 13.2 Å². The second-order valence-electron chi connectivity index (χ2n) is 8.01. The number of rotatable bonds is 9. The third kappa shape index (κ3) is 6.73. The molecule has 0 unspecified atom stereocenters. The van der Waals surface area contributed by atoms with Crippen LogP contribution in [0.3, 0.4) is 0 Å². The second-order valence-corrected chi connectivity index (χ2v) is 8.01. The molecule has 0 aliphatic rings. The van der Waals surface area contributed by atoms with Gasteiger partial charge in [-0.1, -0.05) is 6.07 Å². The Hall–Kier alpha value is -4.19. The number of benzene rings is 2. The molecule has 0 bridgehead atoms. The number of esters is 1. The third-order valence-corrected chi connectivity index (χ3v) is 5.67. The number of ether oxygens (including phenoxy) is 1. The van der Waals surface area contributed by atoms with E-state index in [1.165, 1.54) is 29.2 Å². The predicted molar refractivity (Wildman–Crippen MR) is 128 cm³/mol. The monoisotopic (exact) mass is 518 g/mol. The van der Waals surface area contributed by atoms with Gasteiger partial charge < -0.3 is 14.7 Å². The first-order valence-electron chi connectivity index (χ1n) is 11.4. The quantitative estimate of drug-likeness (QED) is 0.328. The number of hydrogen-bond donors (Lipinski definition) is 2. The Morgan fingerprint density at radius 3 is 2.43 bits per heavy atom. The molecule has 12 heteroatoms. The number of carbonyl (C=O) groups excluding carboxylic acids is 1. The van der Waals surface area contributed by atoms with Gasteiger partial charge in [0.15, 0.2) is 0 Å². The summed E-state index contributed by atoms with van der Waals surface area (Å²) in [5.74, 6) is -1.64. The molecule has 2 N–H and O–H groups in total. The summed E-state index contributed by atoms with van der Waals surface area (Å²) in [6.45, 7) is 6.90. The van der Waals surface area contributed by atoms with E-state index in [0.717, 1.165) is 37.5 Å². The van der Waals surface area contributed by atoms with E-state index in [1.807, 2.05) is 18.8 Å². The molecule has 0 radical (unpaired) electrons. The Labute approximate surface area is 209 Å². The van der Waals surface area contributed by atoms with Gasteiger partial charge in [0.25, 0.3) is 5.56 Å². The Kier molecular flexibility index (Phi) is 8.66. The maximum atomic E-state index is 13.1. The van der Waals surface area contributed by atoms with Crippen molar-refractivity contribution in [2.75, 3.05) is 26.2 Å². The highest BCUT2D eigenvalue weighted by atomic mass is 19.4. The average molecular weight is 518 g/mol. The summed E-state index contributed by atoms with van der Waals surface area (Å²) in [6.07, 6.45) is -3.79. The molecule has 3 rings (SSSR count). The van der Waals surface area contributed by atoms with Crippen molar-refractivity contribution in [3.63, 3.8) is 0 Å². The zero-order valence-electron chi connectivity index (χ0n) is 20.1. The predicted octanol–water partition coefficient (Wildman–Crippen LogP) is 1.45. The van der Waals surface area contributed by atoms with Crippen LogP contribution in [0.2, 0.25) is 0 Å². The number of alkyl halides is 3. The average Bonchev–Trinajstić information content (AvgIpc) is 2.86. The molecule has 196 valence electrons. The lowest BCUT2D eigenvalue weighted by atomic mass is 10.2. The Morgan fingerprint density at radius 2 is 1.81 bits per heavy atom. The van der Waals surface area contributed by atoms with Crippen LogP contribution < -0.4 is 21.3 Å². The molecule has 0 saturated heterocycles. The molecule has 0 spiro atoms. The number of hydrogen-bond acceptors (Lipinski definition) is 6. The van der Waals surface area contributed by atoms with Crippen molar-refractivity contribution in [3.05, 3.63) is 86.1 Å². The van der Waals surface area contributed by atoms with Gasteiger partial charge >= 0.3 is 17.8 Å². The number of nitrogens with zero attached hydrogens (tertiary/aromatic N) is 2. The van der Waals surface area contributed by atoms with Crippen LogP contribution in [0.15, 0.2) is 63.1 Å². The van der Waals surface area contributed by atoms with Crippen LogP contribution in [-0.4, -0.2) is 48.0 Å². The molecule has 2 aromatic carbocycles. The lowest BCUT2D eigenvalue weighted by molar-refractivity contribution is -0.896. The van der Waals surface area contributed by atoms with E-state index >= 15 is 0 Å². The first-order valence-corrected chi connectivity index (χ1v) is 11.4. The molecule has 9 nitrogen and oxygen atoms in total. The van der Waals surface area contributed by atoms with Gasteiger partial charge in [-0.05, 0) is 62.2 Å². The van der Waals surface area contributed by atoms with Crippen molar-refractivity contribution in [1.29, 1.82) is 0 Å². The minimum atomic E-state index is -4.69. The van der Waals surface area contributed by atoms with E-state index in [2.05, 4.69) is 4.99 Å². The summed E-state index contributed by atoms with van der Waals surface area (Å²) in [4.78, 5) is 43.9. The standard InChI is InChI=1S/C25H25F3N4O5/c1-3-31(4-2)12-13-37-23(35)16-8-10-18(11-9-16)29-15-20-21(33)30-24(36)32(22(20)34)19-7-5-6-17(14-19)25(26,27)28/h5-11,14-15,34H,3-4,12-13H2,1-2H3,(H,30,33,36). The molecular weight excluding hydrogens is 493 g/mol. The van der Waals surface area contributed by atoms with Crippen LogP contribution in [0.1, 0.15) is 35.3 Å². The number of aliphatic imine (C=N–C) groups is 1. The molecule has 0 amide bonds. The van der Waals surface area contributed by atoms with Crippen LogP contribution in [0.25, 0.3) is 5.69 Å². The maximum absolute atomic E-state index is 13.1. The molecule has 0 aliphatic heterocycles. The smallest absolute Gasteiger partial charge is 0.416 e. The maximum Gasteiger partial charge on any atom is 0.416 e. The number of aromatic nitrogens is 2. The van der Waals surface area contributed by atoms with Crippen LogP contribution in [-0.2, 0) is 10.9 Å². The van der Waals surface area contributed by atoms with Crippen molar-refractivity contribution >= 4 is 17.9 Å². The van der Waals surface area contributed by atoms with Gasteiger partial charge in [-0.25, -0.2) is 9.59 Å². The fourth-order valence-corrected chi connectivity index (χ4v) is 3.50. The zero-order valence-corrected chi connectivity index (χ0v) is 20.1. The number of likely N-dealkylation sites (N-methyl/N-ethyl adjacent to an activating group) is 1. The van der Waals surface area contributed by atoms with Crippen molar-refractivity contribution in [1.82, 2.24) is 9.55 Å². The molecule has 0 fully saturated rings. The van der Waals surface area contributed by atoms with E-state index in [0.29, 0.717) is 17.2 Å². The largest absolute Gasteiger partial charge is 0.859 e. The first kappa shape index (κ1) is 27.4. The van der Waals surface area contributed by atoms with Gasteiger partial charge in [-0.15, -0.1) is 0 Å². The molecule has 0 aliphatic carbocycles. The molecule has 0 atom stereocenters. The SMILES string of the molecule is CC[NH+](CC)CCOC(=O)c1ccc(N=Cc2c([O-])n(-c3cccc(C(F)(F)F)c3)c(=O)[nH]c2=O)cc1. The molecule has 3 aromatic rings. The van der Waals surface area contributed by atoms with Gasteiger partial charge in [-0.3, -0.25) is 19.3 Å². The summed E-state index contributed by atoms with van der Waals surface area (Å²) >= 11 is 0. The fourth-order valence-electron chi connectivity index (χ4n) is 3.50. The van der Waals surface area contributed by atoms with E-state index in [4.69, 9.17) is 4.74 Å². The summed E-state index contributed by atoms with van der Waals surface area (Å²) in [5, 5.41) is 12.8. The number of nitrogens with one attached hydrogen (secondary N) is 2. The first-order chi connectivity index (χ1) is 17.5. The van der Waals surface area contributed by atoms with Crippen LogP contribution in [0.5, 0.6) is 5.88 Å². The van der Waals surface area contributed by atoms with Gasteiger partial charge in [0.2, 0.25) is 0 Å². The third-order valence-electron chi connectivity index (χ3n) is 5.67. The van der Waals surface area contributed by atoms with Crippen molar-refractivity contribution in [2.45, 2.75) is 20.0 Å². The summed E-state index contributed by atoms with van der Waals surface area (Å²) in [6, 6.07) is 9.45. The Bertz CT molecular complexity index is 1390. The lowest BCUT2D eigenvalue weighted by Crippen LogP contribution is -3.11. The Morgan fingerprint density at radius 1 is 1.14 bits per heavy atom. The molecule has 1 heterocycles. The highest BCUT2D eigenvalue weighted by Gasteiger charge is 2.30. The van der Waals surface area contributed by atoms with E-state index in [1.54, 1.807) is 0 Å². The van der Waals surface area contributed by atoms with Gasteiger partial charge in [0, 0.05) is 11.9 Å². The lowest BCUT2D eigenvalue weighted by Gasteiger charge is -2.18. The Balaban J connectivity index is 1.81. The minimum Gasteiger partial charge on any atom is -0.859 e. The second kappa shape index (κ2) is 11.7. The highest BCUT2D eigenvalue weighted by Crippen LogP contribution is 2.30. The molecule has 37 heavy (non-hydrogen) atoms. The normalized spacial score (nSPS) is 11.8. The number of quaternary nitrogens is 1. The highest BCUT2D eigenvalue weighted by molar-refractivity contribution is 5.90. The van der Waals surface area contributed by atoms with E-state index in [-0.39, 0.29) is 23.5 Å². The van der Waals surface area contributed by atoms with E-state index in [9.17, 15) is 32.7 Å². The number of H-pyrrole nitrogens is 1. The van der Waals surface area contributed by atoms with Gasteiger partial charge in [-0.2, -0.15) is 13.2 Å². The summed E-state index contributed by atoms with van der Waals surface area (Å²) < 4.78 is 44.9. The summed E-state index contributed by atoms with van der Waals surface area (Å²) in [7, 11) is 0.